The molecular weight excluding hydrogens is 378 g/mol. The fourth-order valence-corrected chi connectivity index (χ4v) is 3.28. The van der Waals surface area contributed by atoms with Crippen molar-refractivity contribution in [3.63, 3.8) is 0 Å². The molecule has 1 saturated heterocycles. The van der Waals surface area contributed by atoms with Crippen LogP contribution in [0.15, 0.2) is 41.5 Å². The number of hydrogen-bond donors (Lipinski definition) is 0. The maximum Gasteiger partial charge on any atom is 0.164 e. The van der Waals surface area contributed by atoms with Crippen LogP contribution in [0.25, 0.3) is 0 Å². The van der Waals surface area contributed by atoms with Crippen LogP contribution in [0.4, 0.5) is 0 Å². The van der Waals surface area contributed by atoms with Crippen molar-refractivity contribution in [1.29, 1.82) is 0 Å². The molecule has 0 bridgehead atoms. The van der Waals surface area contributed by atoms with Gasteiger partial charge in [0, 0.05) is 49.4 Å². The number of hydrogen-bond acceptors (Lipinski definition) is 6. The average Bonchev–Trinajstić information content (AvgIpc) is 2.74. The third kappa shape index (κ3) is 5.09. The summed E-state index contributed by atoms with van der Waals surface area (Å²) in [6.07, 6.45) is 1.82. The van der Waals surface area contributed by atoms with E-state index in [-0.39, 0.29) is 0 Å². The first-order valence-electron chi connectivity index (χ1n) is 9.18. The summed E-state index contributed by atoms with van der Waals surface area (Å²) in [6.45, 7) is 4.60. The second kappa shape index (κ2) is 9.66. The van der Waals surface area contributed by atoms with E-state index in [1.807, 2.05) is 30.5 Å². The zero-order valence-electron chi connectivity index (χ0n) is 16.5. The van der Waals surface area contributed by atoms with E-state index in [1.165, 1.54) is 5.56 Å². The largest absolute Gasteiger partial charge is 0.496 e. The summed E-state index contributed by atoms with van der Waals surface area (Å²) in [4.78, 5) is 2.42. The van der Waals surface area contributed by atoms with E-state index in [1.54, 1.807) is 21.3 Å². The molecule has 0 aromatic heterocycles. The summed E-state index contributed by atoms with van der Waals surface area (Å²) >= 11 is 5.96. The highest BCUT2D eigenvalue weighted by Crippen LogP contribution is 2.33. The molecule has 7 heteroatoms. The summed E-state index contributed by atoms with van der Waals surface area (Å²) in [5, 5.41) is 7.48. The fourth-order valence-electron chi connectivity index (χ4n) is 3.16. The van der Waals surface area contributed by atoms with Crippen molar-refractivity contribution in [2.45, 2.75) is 6.54 Å². The first-order chi connectivity index (χ1) is 13.6. The van der Waals surface area contributed by atoms with E-state index in [4.69, 9.17) is 25.8 Å². The molecule has 1 aliphatic rings. The van der Waals surface area contributed by atoms with E-state index in [2.05, 4.69) is 27.1 Å². The number of piperazine rings is 1. The molecule has 6 nitrogen and oxygen atoms in total. The molecule has 2 aromatic carbocycles. The Morgan fingerprint density at radius 1 is 0.893 bits per heavy atom. The molecule has 3 rings (SSSR count). The highest BCUT2D eigenvalue weighted by atomic mass is 35.5. The predicted octanol–water partition coefficient (Wildman–Crippen LogP) is 3.52. The van der Waals surface area contributed by atoms with E-state index in [0.717, 1.165) is 43.3 Å². The van der Waals surface area contributed by atoms with E-state index >= 15 is 0 Å². The fraction of sp³-hybridized carbons (Fsp3) is 0.381. The van der Waals surface area contributed by atoms with Crippen LogP contribution in [0.5, 0.6) is 17.2 Å². The number of halogens is 1. The SMILES string of the molecule is COc1cc(OC)c(OC)cc1C=NN1CCN(Cc2ccc(Cl)cc2)CC1. The van der Waals surface area contributed by atoms with Gasteiger partial charge < -0.3 is 14.2 Å². The minimum absolute atomic E-state index is 0.632. The van der Waals surface area contributed by atoms with Gasteiger partial charge in [0.15, 0.2) is 11.5 Å². The molecule has 0 radical (unpaired) electrons. The van der Waals surface area contributed by atoms with Crippen molar-refractivity contribution in [3.05, 3.63) is 52.5 Å². The topological polar surface area (TPSA) is 46.5 Å². The molecule has 0 N–H and O–H groups in total. The Morgan fingerprint density at radius 3 is 2.11 bits per heavy atom. The minimum Gasteiger partial charge on any atom is -0.496 e. The Kier molecular flexibility index (Phi) is 7.01. The second-order valence-corrected chi connectivity index (χ2v) is 6.99. The number of nitrogens with zero attached hydrogens (tertiary/aromatic N) is 3. The minimum atomic E-state index is 0.632. The number of rotatable bonds is 7. The maximum absolute atomic E-state index is 5.96. The van der Waals surface area contributed by atoms with Gasteiger partial charge in [0.2, 0.25) is 0 Å². The molecule has 1 aliphatic heterocycles. The molecule has 1 heterocycles. The van der Waals surface area contributed by atoms with Gasteiger partial charge in [-0.15, -0.1) is 0 Å². The summed E-state index contributed by atoms with van der Waals surface area (Å²) in [5.74, 6) is 1.98. The van der Waals surface area contributed by atoms with Crippen LogP contribution in [-0.4, -0.2) is 63.6 Å². The lowest BCUT2D eigenvalue weighted by Crippen LogP contribution is -2.43. The highest BCUT2D eigenvalue weighted by Gasteiger charge is 2.16. The molecule has 0 amide bonds. The van der Waals surface area contributed by atoms with Gasteiger partial charge in [-0.3, -0.25) is 9.91 Å². The number of hydrazone groups is 1. The quantitative estimate of drug-likeness (QED) is 0.662. The summed E-state index contributed by atoms with van der Waals surface area (Å²) < 4.78 is 16.2. The van der Waals surface area contributed by atoms with Gasteiger partial charge in [-0.25, -0.2) is 0 Å². The zero-order chi connectivity index (χ0) is 19.9. The number of ether oxygens (including phenoxy) is 3. The first kappa shape index (κ1) is 20.3. The van der Waals surface area contributed by atoms with Gasteiger partial charge in [-0.1, -0.05) is 23.7 Å². The van der Waals surface area contributed by atoms with Gasteiger partial charge in [0.1, 0.15) is 5.75 Å². The van der Waals surface area contributed by atoms with Gasteiger partial charge >= 0.3 is 0 Å². The van der Waals surface area contributed by atoms with Crippen molar-refractivity contribution >= 4 is 17.8 Å². The second-order valence-electron chi connectivity index (χ2n) is 6.55. The van der Waals surface area contributed by atoms with E-state index in [0.29, 0.717) is 17.2 Å². The Hall–Kier alpha value is -2.44. The van der Waals surface area contributed by atoms with Crippen LogP contribution < -0.4 is 14.2 Å². The molecule has 28 heavy (non-hydrogen) atoms. The van der Waals surface area contributed by atoms with Crippen LogP contribution in [0.3, 0.4) is 0 Å². The molecule has 0 unspecified atom stereocenters. The monoisotopic (exact) mass is 403 g/mol. The van der Waals surface area contributed by atoms with Crippen molar-refractivity contribution in [2.75, 3.05) is 47.5 Å². The lowest BCUT2D eigenvalue weighted by molar-refractivity contribution is 0.131. The molecule has 0 aliphatic carbocycles. The van der Waals surface area contributed by atoms with Crippen LogP contribution >= 0.6 is 11.6 Å². The Morgan fingerprint density at radius 2 is 1.50 bits per heavy atom. The lowest BCUT2D eigenvalue weighted by atomic mass is 10.2. The average molecular weight is 404 g/mol. The van der Waals surface area contributed by atoms with Crippen LogP contribution in [-0.2, 0) is 6.54 Å². The molecule has 2 aromatic rings. The lowest BCUT2D eigenvalue weighted by Gasteiger charge is -2.33. The Labute approximate surface area is 171 Å². The van der Waals surface area contributed by atoms with Crippen LogP contribution in [0, 0.1) is 0 Å². The maximum atomic E-state index is 5.96. The van der Waals surface area contributed by atoms with E-state index < -0.39 is 0 Å². The number of benzene rings is 2. The summed E-state index contributed by atoms with van der Waals surface area (Å²) in [7, 11) is 4.86. The normalized spacial score (nSPS) is 15.1. The first-order valence-corrected chi connectivity index (χ1v) is 9.56. The van der Waals surface area contributed by atoms with Gasteiger partial charge in [0.25, 0.3) is 0 Å². The third-order valence-corrected chi connectivity index (χ3v) is 5.02. The summed E-state index contributed by atoms with van der Waals surface area (Å²) in [5.41, 5.74) is 2.13. The highest BCUT2D eigenvalue weighted by molar-refractivity contribution is 6.30. The van der Waals surface area contributed by atoms with Crippen molar-refractivity contribution < 1.29 is 14.2 Å². The van der Waals surface area contributed by atoms with Crippen molar-refractivity contribution in [2.24, 2.45) is 5.10 Å². The Balaban J connectivity index is 1.59. The van der Waals surface area contributed by atoms with Crippen LogP contribution in [0.2, 0.25) is 5.02 Å². The van der Waals surface area contributed by atoms with Crippen molar-refractivity contribution in [3.8, 4) is 17.2 Å². The van der Waals surface area contributed by atoms with Gasteiger partial charge in [-0.2, -0.15) is 5.10 Å². The molecular formula is C21H26ClN3O3. The van der Waals surface area contributed by atoms with E-state index in [9.17, 15) is 0 Å². The van der Waals surface area contributed by atoms with Crippen LogP contribution in [0.1, 0.15) is 11.1 Å². The predicted molar refractivity (Wildman–Crippen MR) is 112 cm³/mol. The number of methoxy groups -OCH3 is 3. The third-order valence-electron chi connectivity index (χ3n) is 4.76. The van der Waals surface area contributed by atoms with Crippen molar-refractivity contribution in [1.82, 2.24) is 9.91 Å². The summed E-state index contributed by atoms with van der Waals surface area (Å²) in [6, 6.07) is 11.7. The smallest absolute Gasteiger partial charge is 0.164 e. The Bertz CT molecular complexity index is 803. The van der Waals surface area contributed by atoms with Gasteiger partial charge in [0.05, 0.1) is 27.5 Å². The standard InChI is InChI=1S/C21H26ClN3O3/c1-26-19-13-21(28-3)20(27-2)12-17(19)14-23-25-10-8-24(9-11-25)15-16-4-6-18(22)7-5-16/h4-7,12-14H,8-11,15H2,1-3H3. The molecule has 1 fully saturated rings. The van der Waals surface area contributed by atoms with Gasteiger partial charge in [-0.05, 0) is 23.8 Å². The molecule has 150 valence electrons. The molecule has 0 atom stereocenters. The molecule has 0 saturated carbocycles. The molecule has 0 spiro atoms. The zero-order valence-corrected chi connectivity index (χ0v) is 17.3.